The van der Waals surface area contributed by atoms with Crippen molar-refractivity contribution in [2.45, 2.75) is 65.8 Å². The molecule has 1 atom stereocenters. The van der Waals surface area contributed by atoms with Crippen LogP contribution in [0.1, 0.15) is 59.8 Å². The number of nitrogens with one attached hydrogen (secondary N) is 1. The molecule has 1 fully saturated rings. The van der Waals surface area contributed by atoms with E-state index >= 15 is 0 Å². The largest absolute Gasteiger partial charge is 0.314 e. The quantitative estimate of drug-likeness (QED) is 0.766. The molecule has 1 unspecified atom stereocenters. The van der Waals surface area contributed by atoms with Gasteiger partial charge in [-0.3, -0.25) is 0 Å². The van der Waals surface area contributed by atoms with Gasteiger partial charge in [-0.15, -0.1) is 0 Å². The topological polar surface area (TPSA) is 15.3 Å². The van der Waals surface area contributed by atoms with Gasteiger partial charge >= 0.3 is 0 Å². The first kappa shape index (κ1) is 15.0. The Morgan fingerprint density at radius 1 is 1.12 bits per heavy atom. The first-order valence-electron chi connectivity index (χ1n) is 7.52. The van der Waals surface area contributed by atoms with Gasteiger partial charge in [0.25, 0.3) is 0 Å². The molecular formula is C15H32N2. The number of hydrogen-bond donors (Lipinski definition) is 1. The lowest BCUT2D eigenvalue weighted by atomic mass is 9.84. The van der Waals surface area contributed by atoms with Gasteiger partial charge in [-0.05, 0) is 51.2 Å². The summed E-state index contributed by atoms with van der Waals surface area (Å²) in [5, 5.41) is 3.65. The van der Waals surface area contributed by atoms with Crippen molar-refractivity contribution in [2.24, 2.45) is 5.41 Å². The number of hydrogen-bond acceptors (Lipinski definition) is 2. The highest BCUT2D eigenvalue weighted by Gasteiger charge is 2.28. The summed E-state index contributed by atoms with van der Waals surface area (Å²) < 4.78 is 0. The Hall–Kier alpha value is -0.0800. The van der Waals surface area contributed by atoms with Crippen LogP contribution in [0.2, 0.25) is 0 Å². The normalized spacial score (nSPS) is 21.2. The summed E-state index contributed by atoms with van der Waals surface area (Å²) in [6.45, 7) is 14.4. The lowest BCUT2D eigenvalue weighted by Gasteiger charge is -2.37. The fraction of sp³-hybridized carbons (Fsp3) is 1.00. The molecule has 1 N–H and O–H groups in total. The first-order chi connectivity index (χ1) is 8.06. The van der Waals surface area contributed by atoms with Crippen molar-refractivity contribution < 1.29 is 0 Å². The second kappa shape index (κ2) is 7.38. The van der Waals surface area contributed by atoms with Gasteiger partial charge in [-0.2, -0.15) is 0 Å². The van der Waals surface area contributed by atoms with Crippen molar-refractivity contribution in [1.82, 2.24) is 10.2 Å². The third-order valence-electron chi connectivity index (χ3n) is 4.20. The molecule has 0 aromatic heterocycles. The molecule has 0 saturated carbocycles. The average Bonchev–Trinajstić information content (AvgIpc) is 2.53. The molecule has 0 amide bonds. The molecule has 2 nitrogen and oxygen atoms in total. The third-order valence-corrected chi connectivity index (χ3v) is 4.20. The molecule has 1 saturated heterocycles. The summed E-state index contributed by atoms with van der Waals surface area (Å²) in [5.74, 6) is 0. The fourth-order valence-electron chi connectivity index (χ4n) is 2.64. The Morgan fingerprint density at radius 2 is 1.71 bits per heavy atom. The van der Waals surface area contributed by atoms with Gasteiger partial charge in [0, 0.05) is 12.6 Å². The van der Waals surface area contributed by atoms with E-state index in [9.17, 15) is 0 Å². The molecule has 1 aliphatic heterocycles. The van der Waals surface area contributed by atoms with Gasteiger partial charge in [0.05, 0.1) is 0 Å². The van der Waals surface area contributed by atoms with Crippen molar-refractivity contribution in [2.75, 3.05) is 26.2 Å². The molecule has 0 spiro atoms. The average molecular weight is 240 g/mol. The van der Waals surface area contributed by atoms with E-state index in [0.29, 0.717) is 11.5 Å². The molecule has 0 radical (unpaired) electrons. The van der Waals surface area contributed by atoms with Crippen LogP contribution in [0.5, 0.6) is 0 Å². The Bertz CT molecular complexity index is 193. The molecule has 0 aromatic carbocycles. The maximum absolute atomic E-state index is 3.65. The standard InChI is InChI=1S/C15H32N2/c1-5-10-16-14(2)15(3,4)13-17-11-8-6-7-9-12-17/h14,16H,5-13H2,1-4H3. The Kier molecular flexibility index (Phi) is 6.50. The third kappa shape index (κ3) is 5.39. The summed E-state index contributed by atoms with van der Waals surface area (Å²) in [6.07, 6.45) is 6.88. The minimum atomic E-state index is 0.375. The van der Waals surface area contributed by atoms with E-state index in [1.165, 1.54) is 51.7 Å². The van der Waals surface area contributed by atoms with Crippen molar-refractivity contribution >= 4 is 0 Å². The van der Waals surface area contributed by atoms with E-state index in [2.05, 4.69) is 37.9 Å². The maximum atomic E-state index is 3.65. The zero-order valence-electron chi connectivity index (χ0n) is 12.4. The van der Waals surface area contributed by atoms with Crippen LogP contribution in [0.4, 0.5) is 0 Å². The fourth-order valence-corrected chi connectivity index (χ4v) is 2.64. The summed E-state index contributed by atoms with van der Waals surface area (Å²) in [7, 11) is 0. The van der Waals surface area contributed by atoms with Crippen LogP contribution in [0.3, 0.4) is 0 Å². The number of likely N-dealkylation sites (tertiary alicyclic amines) is 1. The van der Waals surface area contributed by atoms with Gasteiger partial charge in [0.2, 0.25) is 0 Å². The predicted molar refractivity (Wildman–Crippen MR) is 76.4 cm³/mol. The minimum absolute atomic E-state index is 0.375. The smallest absolute Gasteiger partial charge is 0.0102 e. The molecule has 2 heteroatoms. The molecule has 102 valence electrons. The highest BCUT2D eigenvalue weighted by molar-refractivity contribution is 4.84. The van der Waals surface area contributed by atoms with Crippen molar-refractivity contribution in [3.63, 3.8) is 0 Å². The molecule has 1 rings (SSSR count). The van der Waals surface area contributed by atoms with Gasteiger partial charge in [0.15, 0.2) is 0 Å². The molecule has 1 heterocycles. The minimum Gasteiger partial charge on any atom is -0.314 e. The van der Waals surface area contributed by atoms with E-state index in [1.807, 2.05) is 0 Å². The second-order valence-corrected chi connectivity index (χ2v) is 6.35. The van der Waals surface area contributed by atoms with E-state index in [4.69, 9.17) is 0 Å². The number of rotatable bonds is 6. The zero-order valence-corrected chi connectivity index (χ0v) is 12.4. The van der Waals surface area contributed by atoms with Gasteiger partial charge in [-0.25, -0.2) is 0 Å². The Morgan fingerprint density at radius 3 is 2.24 bits per heavy atom. The van der Waals surface area contributed by atoms with E-state index in [1.54, 1.807) is 0 Å². The van der Waals surface area contributed by atoms with Crippen LogP contribution in [0, 0.1) is 5.41 Å². The monoisotopic (exact) mass is 240 g/mol. The summed E-state index contributed by atoms with van der Waals surface area (Å²) in [6, 6.07) is 0.603. The lowest BCUT2D eigenvalue weighted by Crippen LogP contribution is -2.47. The highest BCUT2D eigenvalue weighted by atomic mass is 15.1. The van der Waals surface area contributed by atoms with Gasteiger partial charge in [-0.1, -0.05) is 33.6 Å². The molecular weight excluding hydrogens is 208 g/mol. The van der Waals surface area contributed by atoms with Crippen LogP contribution in [-0.4, -0.2) is 37.1 Å². The van der Waals surface area contributed by atoms with Gasteiger partial charge < -0.3 is 10.2 Å². The van der Waals surface area contributed by atoms with Crippen molar-refractivity contribution in [1.29, 1.82) is 0 Å². The second-order valence-electron chi connectivity index (χ2n) is 6.35. The van der Waals surface area contributed by atoms with Crippen LogP contribution in [0.25, 0.3) is 0 Å². The lowest BCUT2D eigenvalue weighted by molar-refractivity contribution is 0.146. The van der Waals surface area contributed by atoms with Gasteiger partial charge in [0.1, 0.15) is 0 Å². The van der Waals surface area contributed by atoms with E-state index in [-0.39, 0.29) is 0 Å². The maximum Gasteiger partial charge on any atom is 0.0102 e. The Labute approximate surface area is 108 Å². The molecule has 17 heavy (non-hydrogen) atoms. The zero-order chi connectivity index (χ0) is 12.7. The number of nitrogens with zero attached hydrogens (tertiary/aromatic N) is 1. The Balaban J connectivity index is 2.39. The summed E-state index contributed by atoms with van der Waals surface area (Å²) in [5.41, 5.74) is 0.375. The molecule has 1 aliphatic rings. The van der Waals surface area contributed by atoms with Crippen LogP contribution in [0.15, 0.2) is 0 Å². The highest BCUT2D eigenvalue weighted by Crippen LogP contribution is 2.23. The van der Waals surface area contributed by atoms with E-state index < -0.39 is 0 Å². The summed E-state index contributed by atoms with van der Waals surface area (Å²) in [4.78, 5) is 2.68. The van der Waals surface area contributed by atoms with Crippen LogP contribution >= 0.6 is 0 Å². The predicted octanol–water partition coefficient (Wildman–Crippen LogP) is 3.28. The molecule has 0 bridgehead atoms. The van der Waals surface area contributed by atoms with Crippen LogP contribution < -0.4 is 5.32 Å². The first-order valence-corrected chi connectivity index (χ1v) is 7.52. The van der Waals surface area contributed by atoms with Crippen molar-refractivity contribution in [3.8, 4) is 0 Å². The SMILES string of the molecule is CCCNC(C)C(C)(C)CN1CCCCCC1. The molecule has 0 aliphatic carbocycles. The molecule has 0 aromatic rings. The van der Waals surface area contributed by atoms with Crippen LogP contribution in [-0.2, 0) is 0 Å². The van der Waals surface area contributed by atoms with Crippen molar-refractivity contribution in [3.05, 3.63) is 0 Å². The summed E-state index contributed by atoms with van der Waals surface area (Å²) >= 11 is 0. The van der Waals surface area contributed by atoms with E-state index in [0.717, 1.165) is 6.54 Å².